The highest BCUT2D eigenvalue weighted by molar-refractivity contribution is 4.55. The Hall–Kier alpha value is -0.0800. The highest BCUT2D eigenvalue weighted by Crippen LogP contribution is 2.10. The molecule has 0 saturated carbocycles. The number of hydrogen-bond donors (Lipinski definition) is 0. The van der Waals surface area contributed by atoms with E-state index in [-0.39, 0.29) is 0 Å². The summed E-state index contributed by atoms with van der Waals surface area (Å²) in [4.78, 5) is 0. The van der Waals surface area contributed by atoms with Crippen LogP contribution < -0.4 is 0 Å². The summed E-state index contributed by atoms with van der Waals surface area (Å²) >= 11 is 0. The van der Waals surface area contributed by atoms with E-state index in [1.54, 1.807) is 0 Å². The van der Waals surface area contributed by atoms with E-state index in [9.17, 15) is 0 Å². The van der Waals surface area contributed by atoms with Crippen molar-refractivity contribution in [2.45, 2.75) is 73.1 Å². The summed E-state index contributed by atoms with van der Waals surface area (Å²) in [6.07, 6.45) is 7.78. The second-order valence-corrected chi connectivity index (χ2v) is 6.67. The number of ether oxygens (including phenoxy) is 2. The van der Waals surface area contributed by atoms with Crippen LogP contribution in [0, 0.1) is 17.8 Å². The minimum Gasteiger partial charge on any atom is -0.381 e. The van der Waals surface area contributed by atoms with E-state index in [0.29, 0.717) is 17.8 Å². The van der Waals surface area contributed by atoms with E-state index < -0.39 is 0 Å². The maximum absolute atomic E-state index is 5.80. The molecule has 0 saturated heterocycles. The molecule has 0 bridgehead atoms. The highest BCUT2D eigenvalue weighted by atomic mass is 16.5. The molecule has 0 aromatic rings. The van der Waals surface area contributed by atoms with Gasteiger partial charge in [0.15, 0.2) is 0 Å². The predicted molar refractivity (Wildman–Crippen MR) is 88.2 cm³/mol. The number of unbranched alkanes of at least 4 members (excludes halogenated alkanes) is 2. The van der Waals surface area contributed by atoms with Crippen molar-refractivity contribution in [3.05, 3.63) is 0 Å². The lowest BCUT2D eigenvalue weighted by molar-refractivity contribution is 0.0242. The Morgan fingerprint density at radius 2 is 0.950 bits per heavy atom. The van der Waals surface area contributed by atoms with E-state index >= 15 is 0 Å². The summed E-state index contributed by atoms with van der Waals surface area (Å²) in [6.45, 7) is 14.7. The van der Waals surface area contributed by atoms with Gasteiger partial charge < -0.3 is 9.47 Å². The molecule has 0 fully saturated rings. The fraction of sp³-hybridized carbons (Fsp3) is 1.00. The third kappa shape index (κ3) is 12.9. The molecule has 122 valence electrons. The molecule has 2 heteroatoms. The fourth-order valence-electron chi connectivity index (χ4n) is 2.26. The van der Waals surface area contributed by atoms with Gasteiger partial charge in [-0.15, -0.1) is 0 Å². The van der Waals surface area contributed by atoms with Gasteiger partial charge in [-0.1, -0.05) is 60.3 Å². The first-order valence-electron chi connectivity index (χ1n) is 8.75. The van der Waals surface area contributed by atoms with E-state index in [2.05, 4.69) is 34.6 Å². The van der Waals surface area contributed by atoms with E-state index in [1.807, 2.05) is 0 Å². The first kappa shape index (κ1) is 19.9. The predicted octanol–water partition coefficient (Wildman–Crippen LogP) is 5.31. The Morgan fingerprint density at radius 1 is 0.600 bits per heavy atom. The molecule has 20 heavy (non-hydrogen) atoms. The molecule has 2 nitrogen and oxygen atoms in total. The molecule has 2 atom stereocenters. The molecule has 0 aliphatic rings. The monoisotopic (exact) mass is 286 g/mol. The van der Waals surface area contributed by atoms with Gasteiger partial charge in [0, 0.05) is 19.1 Å². The summed E-state index contributed by atoms with van der Waals surface area (Å²) in [5.74, 6) is 1.89. The minimum atomic E-state index is 0.506. The van der Waals surface area contributed by atoms with Crippen molar-refractivity contribution in [3.8, 4) is 0 Å². The first-order valence-corrected chi connectivity index (χ1v) is 8.75. The Morgan fingerprint density at radius 3 is 1.30 bits per heavy atom. The fourth-order valence-corrected chi connectivity index (χ4v) is 2.26. The van der Waals surface area contributed by atoms with Crippen LogP contribution in [0.25, 0.3) is 0 Å². The lowest BCUT2D eigenvalue weighted by Gasteiger charge is -2.17. The van der Waals surface area contributed by atoms with Crippen LogP contribution >= 0.6 is 0 Å². The summed E-state index contributed by atoms with van der Waals surface area (Å²) in [7, 11) is 0. The van der Waals surface area contributed by atoms with Gasteiger partial charge >= 0.3 is 0 Å². The highest BCUT2D eigenvalue weighted by Gasteiger charge is 2.07. The summed E-state index contributed by atoms with van der Waals surface area (Å²) in [5.41, 5.74) is 0. The van der Waals surface area contributed by atoms with Crippen molar-refractivity contribution >= 4 is 0 Å². The molecule has 0 heterocycles. The lowest BCUT2D eigenvalue weighted by Crippen LogP contribution is -2.17. The Balaban J connectivity index is 3.42. The van der Waals surface area contributed by atoms with Crippen LogP contribution in [0.5, 0.6) is 0 Å². The van der Waals surface area contributed by atoms with Gasteiger partial charge in [0.2, 0.25) is 0 Å². The molecule has 0 aliphatic heterocycles. The number of rotatable bonds is 14. The van der Waals surface area contributed by atoms with Crippen molar-refractivity contribution in [2.24, 2.45) is 17.8 Å². The van der Waals surface area contributed by atoms with Crippen molar-refractivity contribution in [1.29, 1.82) is 0 Å². The first-order chi connectivity index (χ1) is 9.60. The van der Waals surface area contributed by atoms with Crippen molar-refractivity contribution in [2.75, 3.05) is 26.4 Å². The van der Waals surface area contributed by atoms with Crippen molar-refractivity contribution < 1.29 is 9.47 Å². The molecule has 0 spiro atoms. The normalized spacial score (nSPS) is 16.1. The van der Waals surface area contributed by atoms with Gasteiger partial charge in [-0.3, -0.25) is 0 Å². The van der Waals surface area contributed by atoms with Gasteiger partial charge in [0.05, 0.1) is 13.2 Å². The lowest BCUT2D eigenvalue weighted by atomic mass is 10.1. The standard InChI is InChI=1S/C18H38O2/c1-6-8-10-16(3)12-19-14-18(5)15-20-13-17(4)11-9-7-2/h16-18H,6-15H2,1-5H3. The maximum atomic E-state index is 5.80. The van der Waals surface area contributed by atoms with Crippen LogP contribution in [0.2, 0.25) is 0 Å². The molecule has 0 N–H and O–H groups in total. The summed E-state index contributed by atoms with van der Waals surface area (Å²) < 4.78 is 11.6. The van der Waals surface area contributed by atoms with Crippen LogP contribution in [0.3, 0.4) is 0 Å². The zero-order chi connectivity index (χ0) is 15.2. The Labute approximate surface area is 127 Å². The summed E-state index contributed by atoms with van der Waals surface area (Å²) in [5, 5.41) is 0. The van der Waals surface area contributed by atoms with Gasteiger partial charge in [-0.2, -0.15) is 0 Å². The van der Waals surface area contributed by atoms with E-state index in [1.165, 1.54) is 38.5 Å². The topological polar surface area (TPSA) is 18.5 Å². The van der Waals surface area contributed by atoms with Crippen molar-refractivity contribution in [1.82, 2.24) is 0 Å². The Bertz CT molecular complexity index is 174. The molecule has 0 aliphatic carbocycles. The largest absolute Gasteiger partial charge is 0.381 e. The molecule has 0 aromatic carbocycles. The zero-order valence-corrected chi connectivity index (χ0v) is 14.6. The van der Waals surface area contributed by atoms with E-state index in [0.717, 1.165) is 26.4 Å². The smallest absolute Gasteiger partial charge is 0.0513 e. The second-order valence-electron chi connectivity index (χ2n) is 6.67. The van der Waals surface area contributed by atoms with Crippen LogP contribution in [0.15, 0.2) is 0 Å². The van der Waals surface area contributed by atoms with E-state index in [4.69, 9.17) is 9.47 Å². The quantitative estimate of drug-likeness (QED) is 0.431. The third-order valence-electron chi connectivity index (χ3n) is 3.71. The molecule has 2 unspecified atom stereocenters. The van der Waals surface area contributed by atoms with Crippen LogP contribution in [-0.4, -0.2) is 26.4 Å². The molecular weight excluding hydrogens is 248 g/mol. The van der Waals surface area contributed by atoms with Gasteiger partial charge in [-0.05, 0) is 24.7 Å². The van der Waals surface area contributed by atoms with Crippen LogP contribution in [0.1, 0.15) is 73.1 Å². The van der Waals surface area contributed by atoms with Crippen molar-refractivity contribution in [3.63, 3.8) is 0 Å². The van der Waals surface area contributed by atoms with Crippen LogP contribution in [-0.2, 0) is 9.47 Å². The average Bonchev–Trinajstić information content (AvgIpc) is 2.42. The molecule has 0 aromatic heterocycles. The zero-order valence-electron chi connectivity index (χ0n) is 14.6. The average molecular weight is 286 g/mol. The van der Waals surface area contributed by atoms with Gasteiger partial charge in [0.25, 0.3) is 0 Å². The maximum Gasteiger partial charge on any atom is 0.0513 e. The molecule has 0 radical (unpaired) electrons. The van der Waals surface area contributed by atoms with Gasteiger partial charge in [0.1, 0.15) is 0 Å². The van der Waals surface area contributed by atoms with Gasteiger partial charge in [-0.25, -0.2) is 0 Å². The molecule has 0 rings (SSSR count). The SMILES string of the molecule is CCCCC(C)COCC(C)COCC(C)CCCC. The molecule has 0 amide bonds. The number of hydrogen-bond acceptors (Lipinski definition) is 2. The summed E-state index contributed by atoms with van der Waals surface area (Å²) in [6, 6.07) is 0. The minimum absolute atomic E-state index is 0.506. The van der Waals surface area contributed by atoms with Crippen LogP contribution in [0.4, 0.5) is 0 Å². The third-order valence-corrected chi connectivity index (χ3v) is 3.71. The molecular formula is C18H38O2. The second kappa shape index (κ2) is 13.9. The Kier molecular flexibility index (Phi) is 13.8.